The number of hydrogen-bond donors (Lipinski definition) is 1. The number of sulfonamides is 1. The van der Waals surface area contributed by atoms with Crippen LogP contribution in [0.4, 0.5) is 5.69 Å². The van der Waals surface area contributed by atoms with E-state index in [0.717, 1.165) is 11.3 Å². The summed E-state index contributed by atoms with van der Waals surface area (Å²) in [5.41, 5.74) is 3.32. The highest BCUT2D eigenvalue weighted by Crippen LogP contribution is 2.35. The highest BCUT2D eigenvalue weighted by Gasteiger charge is 2.30. The third kappa shape index (κ3) is 3.05. The molecule has 132 valence electrons. The van der Waals surface area contributed by atoms with Crippen LogP contribution in [0.15, 0.2) is 33.6 Å². The Hall–Kier alpha value is -2.61. The fourth-order valence-corrected chi connectivity index (χ4v) is 4.30. The highest BCUT2D eigenvalue weighted by molar-refractivity contribution is 7.93. The van der Waals surface area contributed by atoms with E-state index >= 15 is 0 Å². The van der Waals surface area contributed by atoms with Gasteiger partial charge in [0, 0.05) is 31.0 Å². The van der Waals surface area contributed by atoms with Gasteiger partial charge in [-0.1, -0.05) is 17.7 Å². The maximum atomic E-state index is 13.1. The molecule has 0 amide bonds. The first kappa shape index (κ1) is 17.2. The molecule has 0 unspecified atom stereocenters. The van der Waals surface area contributed by atoms with E-state index in [2.05, 4.69) is 14.9 Å². The standard InChI is InChI=1S/C17H20N4O3S/c1-10-6-8-14(9-7-10)20-25(22,23)16-12(3)21(5)11(2)15(16)17-19-18-13(4)24-17/h6-9,20H,1-5H3. The van der Waals surface area contributed by atoms with Gasteiger partial charge >= 0.3 is 0 Å². The van der Waals surface area contributed by atoms with Crippen molar-refractivity contribution in [2.75, 3.05) is 4.72 Å². The van der Waals surface area contributed by atoms with Gasteiger partial charge in [0.1, 0.15) is 4.90 Å². The lowest BCUT2D eigenvalue weighted by atomic mass is 10.2. The zero-order valence-corrected chi connectivity index (χ0v) is 15.6. The van der Waals surface area contributed by atoms with Crippen LogP contribution in [0.3, 0.4) is 0 Å². The predicted molar refractivity (Wildman–Crippen MR) is 94.9 cm³/mol. The van der Waals surface area contributed by atoms with Gasteiger partial charge in [-0.2, -0.15) is 0 Å². The summed E-state index contributed by atoms with van der Waals surface area (Å²) in [6, 6.07) is 7.16. The first-order valence-electron chi connectivity index (χ1n) is 7.76. The molecule has 0 aliphatic rings. The lowest BCUT2D eigenvalue weighted by Crippen LogP contribution is -2.14. The minimum Gasteiger partial charge on any atom is -0.421 e. The van der Waals surface area contributed by atoms with Gasteiger partial charge < -0.3 is 8.98 Å². The van der Waals surface area contributed by atoms with Crippen LogP contribution >= 0.6 is 0 Å². The summed E-state index contributed by atoms with van der Waals surface area (Å²) in [6.07, 6.45) is 0. The van der Waals surface area contributed by atoms with Crippen LogP contribution in [-0.2, 0) is 17.1 Å². The lowest BCUT2D eigenvalue weighted by molar-refractivity contribution is 0.530. The smallest absolute Gasteiger partial charge is 0.264 e. The van der Waals surface area contributed by atoms with E-state index in [0.29, 0.717) is 22.8 Å². The molecule has 3 rings (SSSR count). The fourth-order valence-electron chi connectivity index (χ4n) is 2.72. The number of aryl methyl sites for hydroxylation is 2. The summed E-state index contributed by atoms with van der Waals surface area (Å²) in [5.74, 6) is 0.578. The Morgan fingerprint density at radius 1 is 1.00 bits per heavy atom. The minimum absolute atomic E-state index is 0.150. The summed E-state index contributed by atoms with van der Waals surface area (Å²) in [5, 5.41) is 7.82. The van der Waals surface area contributed by atoms with Crippen LogP contribution in [0.25, 0.3) is 11.5 Å². The number of rotatable bonds is 4. The van der Waals surface area contributed by atoms with Gasteiger partial charge in [0.05, 0.1) is 5.56 Å². The molecule has 0 saturated carbocycles. The number of anilines is 1. The maximum Gasteiger partial charge on any atom is 0.264 e. The third-order valence-corrected chi connectivity index (χ3v) is 5.78. The molecule has 0 spiro atoms. The third-order valence-electron chi connectivity index (χ3n) is 4.24. The first-order chi connectivity index (χ1) is 11.7. The van der Waals surface area contributed by atoms with Crippen LogP contribution in [0.5, 0.6) is 0 Å². The monoisotopic (exact) mass is 360 g/mol. The fraction of sp³-hybridized carbons (Fsp3) is 0.294. The summed E-state index contributed by atoms with van der Waals surface area (Å²) in [4.78, 5) is 0.150. The summed E-state index contributed by atoms with van der Waals surface area (Å²) < 4.78 is 36.0. The number of nitrogens with zero attached hydrogens (tertiary/aromatic N) is 3. The number of benzene rings is 1. The van der Waals surface area contributed by atoms with E-state index in [1.54, 1.807) is 30.5 Å². The first-order valence-corrected chi connectivity index (χ1v) is 9.25. The van der Waals surface area contributed by atoms with Crippen molar-refractivity contribution in [3.63, 3.8) is 0 Å². The van der Waals surface area contributed by atoms with Crippen LogP contribution in [0.2, 0.25) is 0 Å². The molecule has 0 bridgehead atoms. The zero-order chi connectivity index (χ0) is 18.4. The molecule has 0 radical (unpaired) electrons. The van der Waals surface area contributed by atoms with Crippen molar-refractivity contribution < 1.29 is 12.8 Å². The predicted octanol–water partition coefficient (Wildman–Crippen LogP) is 3.11. The average Bonchev–Trinajstić information content (AvgIpc) is 3.06. The van der Waals surface area contributed by atoms with E-state index < -0.39 is 10.0 Å². The topological polar surface area (TPSA) is 90.0 Å². The van der Waals surface area contributed by atoms with E-state index in [9.17, 15) is 8.42 Å². The van der Waals surface area contributed by atoms with Gasteiger partial charge in [-0.25, -0.2) is 8.42 Å². The van der Waals surface area contributed by atoms with Crippen LogP contribution in [0, 0.1) is 27.7 Å². The largest absolute Gasteiger partial charge is 0.421 e. The van der Waals surface area contributed by atoms with Gasteiger partial charge in [0.15, 0.2) is 0 Å². The Labute approximate surface area is 146 Å². The Kier molecular flexibility index (Phi) is 4.16. The molecule has 25 heavy (non-hydrogen) atoms. The van der Waals surface area contributed by atoms with Crippen molar-refractivity contribution in [1.29, 1.82) is 0 Å². The maximum absolute atomic E-state index is 13.1. The zero-order valence-electron chi connectivity index (χ0n) is 14.8. The van der Waals surface area contributed by atoms with Crippen LogP contribution in [-0.4, -0.2) is 23.2 Å². The second-order valence-electron chi connectivity index (χ2n) is 6.03. The van der Waals surface area contributed by atoms with Crippen molar-refractivity contribution >= 4 is 15.7 Å². The Balaban J connectivity index is 2.15. The van der Waals surface area contributed by atoms with Crippen molar-refractivity contribution in [1.82, 2.24) is 14.8 Å². The van der Waals surface area contributed by atoms with Crippen molar-refractivity contribution in [2.45, 2.75) is 32.6 Å². The van der Waals surface area contributed by atoms with E-state index in [1.807, 2.05) is 33.0 Å². The minimum atomic E-state index is -3.83. The molecular formula is C17H20N4O3S. The molecule has 0 saturated heterocycles. The molecular weight excluding hydrogens is 340 g/mol. The second-order valence-corrected chi connectivity index (χ2v) is 7.65. The quantitative estimate of drug-likeness (QED) is 0.772. The summed E-state index contributed by atoms with van der Waals surface area (Å²) in [7, 11) is -2.02. The van der Waals surface area contributed by atoms with E-state index in [4.69, 9.17) is 4.42 Å². The van der Waals surface area contributed by atoms with Gasteiger partial charge in [0.25, 0.3) is 15.9 Å². The van der Waals surface area contributed by atoms with Gasteiger partial charge in [-0.3, -0.25) is 4.72 Å². The number of aromatic nitrogens is 3. The second kappa shape index (κ2) is 6.03. The molecule has 0 fully saturated rings. The molecule has 3 aromatic rings. The van der Waals surface area contributed by atoms with Crippen molar-refractivity contribution in [3.8, 4) is 11.5 Å². The number of hydrogen-bond acceptors (Lipinski definition) is 5. The summed E-state index contributed by atoms with van der Waals surface area (Å²) in [6.45, 7) is 7.19. The highest BCUT2D eigenvalue weighted by atomic mass is 32.2. The Morgan fingerprint density at radius 2 is 1.64 bits per heavy atom. The van der Waals surface area contributed by atoms with Crippen LogP contribution in [0.1, 0.15) is 22.8 Å². The lowest BCUT2D eigenvalue weighted by Gasteiger charge is -2.10. The van der Waals surface area contributed by atoms with Gasteiger partial charge in [-0.05, 0) is 32.9 Å². The SMILES string of the molecule is Cc1ccc(NS(=O)(=O)c2c(-c3nnc(C)o3)c(C)n(C)c2C)cc1. The number of nitrogens with one attached hydrogen (secondary N) is 1. The summed E-state index contributed by atoms with van der Waals surface area (Å²) >= 11 is 0. The Bertz CT molecular complexity index is 1030. The van der Waals surface area contributed by atoms with Crippen molar-refractivity contribution in [2.24, 2.45) is 7.05 Å². The molecule has 0 aliphatic heterocycles. The molecule has 8 heteroatoms. The molecule has 7 nitrogen and oxygen atoms in total. The van der Waals surface area contributed by atoms with Gasteiger partial charge in [0.2, 0.25) is 5.89 Å². The van der Waals surface area contributed by atoms with E-state index in [-0.39, 0.29) is 10.8 Å². The molecule has 0 atom stereocenters. The van der Waals surface area contributed by atoms with Gasteiger partial charge in [-0.15, -0.1) is 10.2 Å². The van der Waals surface area contributed by atoms with Crippen molar-refractivity contribution in [3.05, 3.63) is 47.1 Å². The normalized spacial score (nSPS) is 11.7. The molecule has 2 heterocycles. The molecule has 1 aromatic carbocycles. The van der Waals surface area contributed by atoms with E-state index in [1.165, 1.54) is 0 Å². The average molecular weight is 360 g/mol. The Morgan fingerprint density at radius 3 is 2.20 bits per heavy atom. The van der Waals surface area contributed by atoms with Crippen LogP contribution < -0.4 is 4.72 Å². The molecule has 0 aliphatic carbocycles. The molecule has 2 aromatic heterocycles. The molecule has 1 N–H and O–H groups in total.